The van der Waals surface area contributed by atoms with Gasteiger partial charge in [-0.15, -0.1) is 6.58 Å². The number of carbonyl (C=O) groups is 4. The molecule has 3 amide bonds. The van der Waals surface area contributed by atoms with Gasteiger partial charge in [-0.3, -0.25) is 14.3 Å². The van der Waals surface area contributed by atoms with Crippen LogP contribution in [0.3, 0.4) is 0 Å². The van der Waals surface area contributed by atoms with Gasteiger partial charge < -0.3 is 30.2 Å². The number of ether oxygens (including phenoxy) is 2. The Labute approximate surface area is 334 Å². The first-order chi connectivity index (χ1) is 26.0. The summed E-state index contributed by atoms with van der Waals surface area (Å²) in [6, 6.07) is 8.25. The molecule has 0 spiro atoms. The van der Waals surface area contributed by atoms with Gasteiger partial charge in [0.2, 0.25) is 17.7 Å². The zero-order chi connectivity index (χ0) is 42.6. The number of fused-ring (bicyclic) bond motifs is 1. The van der Waals surface area contributed by atoms with Crippen molar-refractivity contribution >= 4 is 46.9 Å². The molecule has 0 saturated heterocycles. The minimum absolute atomic E-state index is 0.00919. The number of hydrogen-bond donors (Lipinski definition) is 4. The van der Waals surface area contributed by atoms with E-state index in [1.807, 2.05) is 95.4 Å². The predicted molar refractivity (Wildman–Crippen MR) is 233 cm³/mol. The lowest BCUT2D eigenvalue weighted by atomic mass is 10.0. The third kappa shape index (κ3) is 41.1. The first-order valence-electron chi connectivity index (χ1n) is 19.7. The van der Waals surface area contributed by atoms with Crippen molar-refractivity contribution in [2.24, 2.45) is 0 Å². The Morgan fingerprint density at radius 2 is 1.52 bits per heavy atom. The van der Waals surface area contributed by atoms with E-state index < -0.39 is 6.09 Å². The van der Waals surface area contributed by atoms with E-state index in [-0.39, 0.29) is 23.1 Å². The van der Waals surface area contributed by atoms with Gasteiger partial charge in [-0.2, -0.15) is 0 Å². The van der Waals surface area contributed by atoms with E-state index >= 15 is 0 Å². The highest BCUT2D eigenvalue weighted by molar-refractivity contribution is 7.99. The lowest BCUT2D eigenvalue weighted by molar-refractivity contribution is -0.120. The molecule has 0 atom stereocenters. The molecule has 54 heavy (non-hydrogen) atoms. The number of hydrogen-bond acceptors (Lipinski definition) is 9. The summed E-state index contributed by atoms with van der Waals surface area (Å²) in [4.78, 5) is 48.0. The Balaban J connectivity index is -0.000000286. The fourth-order valence-electron chi connectivity index (χ4n) is 3.60. The molecule has 12 heteroatoms. The van der Waals surface area contributed by atoms with Gasteiger partial charge in [0.25, 0.3) is 0 Å². The van der Waals surface area contributed by atoms with E-state index in [1.54, 1.807) is 13.3 Å². The quantitative estimate of drug-likeness (QED) is 0.0502. The molecule has 0 fully saturated rings. The van der Waals surface area contributed by atoms with Gasteiger partial charge in [0.1, 0.15) is 6.29 Å². The van der Waals surface area contributed by atoms with Crippen LogP contribution in [-0.2, 0) is 25.5 Å². The zero-order valence-electron chi connectivity index (χ0n) is 36.5. The summed E-state index contributed by atoms with van der Waals surface area (Å²) in [5.41, 5.74) is 1.22. The number of rotatable bonds is 18. The van der Waals surface area contributed by atoms with Gasteiger partial charge >= 0.3 is 6.09 Å². The van der Waals surface area contributed by atoms with Gasteiger partial charge in [0, 0.05) is 36.2 Å². The van der Waals surface area contributed by atoms with Crippen molar-refractivity contribution in [2.75, 3.05) is 40.4 Å². The number of benzene rings is 1. The van der Waals surface area contributed by atoms with Crippen molar-refractivity contribution in [3.05, 3.63) is 48.7 Å². The molecule has 1 aromatic carbocycles. The number of alkyl carbamates (subject to hydrolysis) is 1. The number of aryl methyl sites for hydroxylation is 1. The highest BCUT2D eigenvalue weighted by atomic mass is 32.2. The molecule has 2 rings (SSSR count). The standard InChI is InChI=1S/C23H31N3O5.C6H13NOS.C5H11N.4C2H6/c1-30-22-20-16-18(9-10-19(20)11-13-25-22)8-4-2-7-15-31-23(29)26-17-21(28)24-12-5-3-6-14-27;1-5(8)7-9-6(2,3)4;1-3-4-5-6-2;4*1-2/h9-11,13-14,16H,2-8,12,15,17H2,1H3,(H,24,28)(H,26,29);1-4H3,(H,7,8);3,6H,1,4-5H2,2H3;4*1-2H3. The predicted octanol–water partition coefficient (Wildman–Crippen LogP) is 9.62. The molecule has 4 N–H and O–H groups in total. The van der Waals surface area contributed by atoms with Crippen molar-refractivity contribution < 1.29 is 28.7 Å². The van der Waals surface area contributed by atoms with E-state index in [2.05, 4.69) is 50.4 Å². The highest BCUT2D eigenvalue weighted by Crippen LogP contribution is 2.24. The molecule has 1 aromatic heterocycles. The molecule has 1 heterocycles. The second-order valence-electron chi connectivity index (χ2n) is 11.2. The van der Waals surface area contributed by atoms with Crippen LogP contribution >= 0.6 is 11.9 Å². The number of aromatic nitrogens is 1. The molecule has 0 radical (unpaired) electrons. The van der Waals surface area contributed by atoms with E-state index in [1.165, 1.54) is 24.4 Å². The van der Waals surface area contributed by atoms with Crippen molar-refractivity contribution in [3.8, 4) is 5.88 Å². The molecule has 11 nitrogen and oxygen atoms in total. The lowest BCUT2D eigenvalue weighted by Gasteiger charge is -2.16. The molecule has 0 aliphatic carbocycles. The number of aldehydes is 1. The second-order valence-corrected chi connectivity index (χ2v) is 12.9. The van der Waals surface area contributed by atoms with Gasteiger partial charge in [-0.05, 0) is 114 Å². The second kappa shape index (κ2) is 45.5. The van der Waals surface area contributed by atoms with Crippen LogP contribution in [0.15, 0.2) is 43.1 Å². The van der Waals surface area contributed by atoms with Crippen molar-refractivity contribution in [3.63, 3.8) is 0 Å². The fourth-order valence-corrected chi connectivity index (χ4v) is 4.05. The monoisotopic (exact) mass is 782 g/mol. The highest BCUT2D eigenvalue weighted by Gasteiger charge is 2.10. The molecule has 0 unspecified atom stereocenters. The first-order valence-corrected chi connectivity index (χ1v) is 20.5. The van der Waals surface area contributed by atoms with Crippen LogP contribution in [0, 0.1) is 0 Å². The van der Waals surface area contributed by atoms with Crippen LogP contribution in [0.5, 0.6) is 5.88 Å². The lowest BCUT2D eigenvalue weighted by Crippen LogP contribution is -2.37. The summed E-state index contributed by atoms with van der Waals surface area (Å²) in [5, 5.41) is 10.2. The third-order valence-electron chi connectivity index (χ3n) is 5.89. The maximum atomic E-state index is 11.6. The van der Waals surface area contributed by atoms with Gasteiger partial charge in [0.15, 0.2) is 0 Å². The summed E-state index contributed by atoms with van der Waals surface area (Å²) in [6.45, 7) is 28.9. The Hall–Kier alpha value is -3.64. The number of nitrogens with zero attached hydrogens (tertiary/aromatic N) is 1. The average molecular weight is 782 g/mol. The van der Waals surface area contributed by atoms with Crippen LogP contribution in [0.2, 0.25) is 0 Å². The number of unbranched alkanes of at least 4 members (excludes halogenated alkanes) is 4. The molecule has 0 aliphatic heterocycles. The third-order valence-corrected chi connectivity index (χ3v) is 6.90. The largest absolute Gasteiger partial charge is 0.481 e. The molecule has 314 valence electrons. The molecular formula is C42H79N5O6S. The van der Waals surface area contributed by atoms with E-state index in [0.29, 0.717) is 25.5 Å². The van der Waals surface area contributed by atoms with Crippen LogP contribution in [0.1, 0.15) is 134 Å². The minimum Gasteiger partial charge on any atom is -0.481 e. The number of carbonyl (C=O) groups excluding carboxylic acids is 4. The number of nitrogens with one attached hydrogen (secondary N) is 4. The molecule has 2 aromatic rings. The number of pyridine rings is 1. The van der Waals surface area contributed by atoms with E-state index in [0.717, 1.165) is 68.5 Å². The van der Waals surface area contributed by atoms with Crippen molar-refractivity contribution in [1.82, 2.24) is 25.7 Å². The van der Waals surface area contributed by atoms with E-state index in [4.69, 9.17) is 9.47 Å². The smallest absolute Gasteiger partial charge is 0.407 e. The van der Waals surface area contributed by atoms with Gasteiger partial charge in [-0.1, -0.05) is 73.6 Å². The van der Waals surface area contributed by atoms with Crippen LogP contribution < -0.4 is 25.4 Å². The normalized spacial score (nSPS) is 9.22. The number of methoxy groups -OCH3 is 1. The molecule has 0 saturated carbocycles. The van der Waals surface area contributed by atoms with Gasteiger partial charge in [-0.25, -0.2) is 9.78 Å². The maximum absolute atomic E-state index is 11.6. The van der Waals surface area contributed by atoms with Crippen LogP contribution in [0.4, 0.5) is 4.79 Å². The van der Waals surface area contributed by atoms with Crippen molar-refractivity contribution in [1.29, 1.82) is 0 Å². The molecular weight excluding hydrogens is 703 g/mol. The van der Waals surface area contributed by atoms with Gasteiger partial charge in [0.05, 0.1) is 20.3 Å². The van der Waals surface area contributed by atoms with Crippen LogP contribution in [-0.4, -0.2) is 74.3 Å². The Bertz CT molecular complexity index is 1180. The van der Waals surface area contributed by atoms with Crippen LogP contribution in [0.25, 0.3) is 10.8 Å². The Morgan fingerprint density at radius 1 is 0.870 bits per heavy atom. The Morgan fingerprint density at radius 3 is 2.02 bits per heavy atom. The SMILES string of the molecule is C=CCCNC.CC.CC.CC.CC.CC(=O)NSC(C)(C)C.COc1nccc2ccc(CCCCCOC(=O)NCC(=O)NCCCCC=O)cc12. The topological polar surface area (TPSA) is 148 Å². The summed E-state index contributed by atoms with van der Waals surface area (Å²) >= 11 is 1.44. The zero-order valence-corrected chi connectivity index (χ0v) is 37.4. The Kier molecular flexibility index (Phi) is 50.3. The average Bonchev–Trinajstić information content (AvgIpc) is 3.19. The summed E-state index contributed by atoms with van der Waals surface area (Å²) in [5.74, 6) is 0.366. The summed E-state index contributed by atoms with van der Waals surface area (Å²) in [6.07, 6.45) is 10.5. The first kappa shape index (κ1) is 59.6. The maximum Gasteiger partial charge on any atom is 0.407 e. The molecule has 0 aliphatic rings. The molecule has 0 bridgehead atoms. The fraction of sp³-hybridized carbons (Fsp3) is 0.643. The summed E-state index contributed by atoms with van der Waals surface area (Å²) < 4.78 is 13.2. The number of amides is 3. The minimum atomic E-state index is -0.592. The summed E-state index contributed by atoms with van der Waals surface area (Å²) in [7, 11) is 3.55. The van der Waals surface area contributed by atoms with E-state index in [9.17, 15) is 19.2 Å². The van der Waals surface area contributed by atoms with Crippen molar-refractivity contribution in [2.45, 2.75) is 139 Å².